The Labute approximate surface area is 199 Å². The van der Waals surface area contributed by atoms with Gasteiger partial charge in [-0.15, -0.1) is 0 Å². The summed E-state index contributed by atoms with van der Waals surface area (Å²) in [5.41, 5.74) is 4.88. The molecular formula is C25H27N3O5S. The van der Waals surface area contributed by atoms with Crippen LogP contribution >= 0.6 is 0 Å². The summed E-state index contributed by atoms with van der Waals surface area (Å²) >= 11 is 0. The number of benzene rings is 3. The summed E-state index contributed by atoms with van der Waals surface area (Å²) in [4.78, 5) is 12.9. The average molecular weight is 482 g/mol. The number of sulfonamides is 1. The molecule has 0 saturated carbocycles. The summed E-state index contributed by atoms with van der Waals surface area (Å²) in [6.45, 7) is 3.08. The number of amides is 1. The third-order valence-corrected chi connectivity index (χ3v) is 6.85. The van der Waals surface area contributed by atoms with Gasteiger partial charge in [0.1, 0.15) is 18.0 Å². The largest absolute Gasteiger partial charge is 0.497 e. The Bertz CT molecular complexity index is 1270. The summed E-state index contributed by atoms with van der Waals surface area (Å²) in [6, 6.07) is 20.3. The summed E-state index contributed by atoms with van der Waals surface area (Å²) in [7, 11) is -1.04. The number of hydrogen-bond acceptors (Lipinski definition) is 6. The second-order valence-corrected chi connectivity index (χ2v) is 9.32. The van der Waals surface area contributed by atoms with Crippen LogP contribution in [0.4, 0.5) is 5.69 Å². The van der Waals surface area contributed by atoms with E-state index in [0.717, 1.165) is 15.4 Å². The van der Waals surface area contributed by atoms with E-state index in [4.69, 9.17) is 9.47 Å². The number of carbonyl (C=O) groups excluding carboxylic acids is 1. The van der Waals surface area contributed by atoms with E-state index >= 15 is 0 Å². The van der Waals surface area contributed by atoms with E-state index < -0.39 is 22.5 Å². The first-order valence-corrected chi connectivity index (χ1v) is 11.9. The molecule has 0 aliphatic heterocycles. The van der Waals surface area contributed by atoms with Crippen LogP contribution in [-0.4, -0.2) is 40.8 Å². The monoisotopic (exact) mass is 481 g/mol. The highest BCUT2D eigenvalue weighted by atomic mass is 32.2. The van der Waals surface area contributed by atoms with Gasteiger partial charge in [-0.25, -0.2) is 13.8 Å². The molecule has 0 heterocycles. The quantitative estimate of drug-likeness (QED) is 0.371. The molecule has 3 aromatic rings. The smallest absolute Gasteiger partial charge is 0.264 e. The lowest BCUT2D eigenvalue weighted by molar-refractivity contribution is -0.119. The van der Waals surface area contributed by atoms with Gasteiger partial charge in [0, 0.05) is 0 Å². The highest BCUT2D eigenvalue weighted by molar-refractivity contribution is 7.92. The normalized spacial score (nSPS) is 11.6. The minimum atomic E-state index is -4.07. The molecule has 1 N–H and O–H groups in total. The van der Waals surface area contributed by atoms with Gasteiger partial charge in [-0.3, -0.25) is 9.10 Å². The molecule has 8 nitrogen and oxygen atoms in total. The van der Waals surface area contributed by atoms with Gasteiger partial charge in [-0.2, -0.15) is 5.10 Å². The molecular weight excluding hydrogens is 454 g/mol. The van der Waals surface area contributed by atoms with Gasteiger partial charge >= 0.3 is 0 Å². The number of nitrogens with zero attached hydrogens (tertiary/aromatic N) is 2. The SMILES string of the molecule is COc1ccc(/C(C)=N\NC(=O)CN(c2cc(C)ccc2OC)S(=O)(=O)c2ccccc2)cc1. The van der Waals surface area contributed by atoms with E-state index in [1.54, 1.807) is 62.6 Å². The van der Waals surface area contributed by atoms with Crippen molar-refractivity contribution in [3.8, 4) is 11.5 Å². The molecule has 0 radical (unpaired) electrons. The molecule has 0 atom stereocenters. The number of hydrogen-bond donors (Lipinski definition) is 1. The predicted octanol–water partition coefficient (Wildman–Crippen LogP) is 3.75. The Morgan fingerprint density at radius 3 is 2.26 bits per heavy atom. The van der Waals surface area contributed by atoms with Crippen molar-refractivity contribution in [3.05, 3.63) is 83.9 Å². The van der Waals surface area contributed by atoms with E-state index in [1.807, 2.05) is 19.1 Å². The van der Waals surface area contributed by atoms with Crippen molar-refractivity contribution < 1.29 is 22.7 Å². The first-order valence-electron chi connectivity index (χ1n) is 10.5. The first kappa shape index (κ1) is 24.8. The number of rotatable bonds is 9. The topological polar surface area (TPSA) is 97.3 Å². The van der Waals surface area contributed by atoms with Gasteiger partial charge in [-0.1, -0.05) is 24.3 Å². The summed E-state index contributed by atoms with van der Waals surface area (Å²) in [5, 5.41) is 4.14. The Hall–Kier alpha value is -3.85. The van der Waals surface area contributed by atoms with Crippen LogP contribution in [0.5, 0.6) is 11.5 Å². The maximum Gasteiger partial charge on any atom is 0.264 e. The molecule has 0 aliphatic rings. The van der Waals surface area contributed by atoms with Crippen molar-refractivity contribution in [1.29, 1.82) is 0 Å². The summed E-state index contributed by atoms with van der Waals surface area (Å²) in [6.07, 6.45) is 0. The zero-order chi connectivity index (χ0) is 24.7. The second-order valence-electron chi connectivity index (χ2n) is 7.46. The van der Waals surface area contributed by atoms with Gasteiger partial charge < -0.3 is 9.47 Å². The Kier molecular flexibility index (Phi) is 7.91. The van der Waals surface area contributed by atoms with Crippen molar-refractivity contribution in [3.63, 3.8) is 0 Å². The van der Waals surface area contributed by atoms with Crippen LogP contribution in [0.1, 0.15) is 18.1 Å². The molecule has 0 spiro atoms. The van der Waals surface area contributed by atoms with Crippen LogP contribution in [0, 0.1) is 6.92 Å². The number of methoxy groups -OCH3 is 2. The molecule has 0 aromatic heterocycles. The molecule has 0 bridgehead atoms. The van der Waals surface area contributed by atoms with Crippen LogP contribution in [0.25, 0.3) is 0 Å². The third kappa shape index (κ3) is 5.74. The number of aryl methyl sites for hydroxylation is 1. The van der Waals surface area contributed by atoms with Crippen molar-refractivity contribution in [2.45, 2.75) is 18.7 Å². The Morgan fingerprint density at radius 2 is 1.65 bits per heavy atom. The fourth-order valence-electron chi connectivity index (χ4n) is 3.22. The number of carbonyl (C=O) groups is 1. The van der Waals surface area contributed by atoms with E-state index in [9.17, 15) is 13.2 Å². The number of anilines is 1. The molecule has 178 valence electrons. The minimum Gasteiger partial charge on any atom is -0.497 e. The number of ether oxygens (including phenoxy) is 2. The van der Waals surface area contributed by atoms with E-state index in [-0.39, 0.29) is 10.6 Å². The maximum absolute atomic E-state index is 13.5. The standard InChI is InChI=1S/C25H27N3O5S/c1-18-10-15-24(33-4)23(16-18)28(34(30,31)22-8-6-5-7-9-22)17-25(29)27-26-19(2)20-11-13-21(32-3)14-12-20/h5-16H,17H2,1-4H3,(H,27,29)/b26-19-. The zero-order valence-corrected chi connectivity index (χ0v) is 20.3. The van der Waals surface area contributed by atoms with Gasteiger partial charge in [0.05, 0.1) is 30.5 Å². The van der Waals surface area contributed by atoms with Crippen LogP contribution < -0.4 is 19.2 Å². The molecule has 0 aliphatic carbocycles. The minimum absolute atomic E-state index is 0.0595. The number of hydrazone groups is 1. The number of nitrogens with one attached hydrogen (secondary N) is 1. The lowest BCUT2D eigenvalue weighted by Gasteiger charge is -2.25. The van der Waals surface area contributed by atoms with Crippen molar-refractivity contribution >= 4 is 27.3 Å². The molecule has 3 aromatic carbocycles. The van der Waals surface area contributed by atoms with Gasteiger partial charge in [0.25, 0.3) is 15.9 Å². The summed E-state index contributed by atoms with van der Waals surface area (Å²) in [5.74, 6) is 0.432. The van der Waals surface area contributed by atoms with Crippen LogP contribution in [0.15, 0.2) is 82.8 Å². The van der Waals surface area contributed by atoms with Crippen LogP contribution in [-0.2, 0) is 14.8 Å². The lowest BCUT2D eigenvalue weighted by atomic mass is 10.1. The lowest BCUT2D eigenvalue weighted by Crippen LogP contribution is -2.40. The molecule has 34 heavy (non-hydrogen) atoms. The first-order chi connectivity index (χ1) is 16.3. The zero-order valence-electron chi connectivity index (χ0n) is 19.5. The molecule has 0 unspecified atom stereocenters. The Balaban J connectivity index is 1.91. The Morgan fingerprint density at radius 1 is 0.971 bits per heavy atom. The fraction of sp³-hybridized carbons (Fsp3) is 0.200. The molecule has 3 rings (SSSR count). The maximum atomic E-state index is 13.5. The fourth-order valence-corrected chi connectivity index (χ4v) is 4.67. The highest BCUT2D eigenvalue weighted by Gasteiger charge is 2.29. The average Bonchev–Trinajstić information content (AvgIpc) is 2.86. The van der Waals surface area contributed by atoms with Gasteiger partial charge in [0.2, 0.25) is 0 Å². The van der Waals surface area contributed by atoms with Crippen molar-refractivity contribution in [2.24, 2.45) is 5.10 Å². The van der Waals surface area contributed by atoms with Crippen LogP contribution in [0.2, 0.25) is 0 Å². The molecule has 0 saturated heterocycles. The van der Waals surface area contributed by atoms with Gasteiger partial charge in [-0.05, 0) is 73.5 Å². The van der Waals surface area contributed by atoms with E-state index in [1.165, 1.54) is 19.2 Å². The van der Waals surface area contributed by atoms with Crippen molar-refractivity contribution in [2.75, 3.05) is 25.1 Å². The van der Waals surface area contributed by atoms with Gasteiger partial charge in [0.15, 0.2) is 0 Å². The molecule has 1 amide bonds. The predicted molar refractivity (Wildman–Crippen MR) is 132 cm³/mol. The van der Waals surface area contributed by atoms with E-state index in [0.29, 0.717) is 17.2 Å². The highest BCUT2D eigenvalue weighted by Crippen LogP contribution is 2.33. The van der Waals surface area contributed by atoms with E-state index in [2.05, 4.69) is 10.5 Å². The molecule has 9 heteroatoms. The molecule has 0 fully saturated rings. The third-order valence-electron chi connectivity index (χ3n) is 5.08. The van der Waals surface area contributed by atoms with Crippen LogP contribution in [0.3, 0.4) is 0 Å². The second kappa shape index (κ2) is 10.8. The van der Waals surface area contributed by atoms with Crippen molar-refractivity contribution in [1.82, 2.24) is 5.43 Å². The summed E-state index contributed by atoms with van der Waals surface area (Å²) < 4.78 is 38.6.